The second-order valence-electron chi connectivity index (χ2n) is 4.91. The highest BCUT2D eigenvalue weighted by molar-refractivity contribution is 7.99. The summed E-state index contributed by atoms with van der Waals surface area (Å²) in [6.07, 6.45) is 2.69. The van der Waals surface area contributed by atoms with Crippen molar-refractivity contribution in [3.63, 3.8) is 0 Å². The minimum atomic E-state index is -2.54. The Labute approximate surface area is 127 Å². The number of alkyl halides is 2. The van der Waals surface area contributed by atoms with Crippen molar-refractivity contribution in [1.82, 2.24) is 5.32 Å². The van der Waals surface area contributed by atoms with E-state index in [9.17, 15) is 13.6 Å². The van der Waals surface area contributed by atoms with E-state index in [4.69, 9.17) is 4.74 Å². The van der Waals surface area contributed by atoms with Gasteiger partial charge in [-0.05, 0) is 31.4 Å². The summed E-state index contributed by atoms with van der Waals surface area (Å²) < 4.78 is 30.7. The molecule has 3 nitrogen and oxygen atoms in total. The van der Waals surface area contributed by atoms with Gasteiger partial charge in [-0.25, -0.2) is 0 Å². The minimum Gasteiger partial charge on any atom is -0.376 e. The summed E-state index contributed by atoms with van der Waals surface area (Å²) in [7, 11) is 0. The Hall–Kier alpha value is -1.14. The summed E-state index contributed by atoms with van der Waals surface area (Å²) in [5, 5.41) is 2.92. The van der Waals surface area contributed by atoms with Gasteiger partial charge in [0.25, 0.3) is 11.7 Å². The molecule has 116 valence electrons. The van der Waals surface area contributed by atoms with E-state index in [-0.39, 0.29) is 18.1 Å². The van der Waals surface area contributed by atoms with Crippen molar-refractivity contribution in [3.8, 4) is 0 Å². The molecule has 0 spiro atoms. The number of nitrogens with one attached hydrogen (secondary N) is 1. The highest BCUT2D eigenvalue weighted by atomic mass is 32.2. The van der Waals surface area contributed by atoms with Crippen LogP contribution in [0, 0.1) is 0 Å². The third-order valence-corrected chi connectivity index (χ3v) is 4.31. The van der Waals surface area contributed by atoms with E-state index in [1.165, 1.54) is 0 Å². The van der Waals surface area contributed by atoms with E-state index in [1.54, 1.807) is 24.3 Å². The summed E-state index contributed by atoms with van der Waals surface area (Å²) in [4.78, 5) is 12.6. The van der Waals surface area contributed by atoms with Crippen LogP contribution in [0.15, 0.2) is 29.2 Å². The Morgan fingerprint density at radius 3 is 2.86 bits per heavy atom. The lowest BCUT2D eigenvalue weighted by Crippen LogP contribution is -2.42. The van der Waals surface area contributed by atoms with Crippen LogP contribution in [0.4, 0.5) is 8.78 Å². The lowest BCUT2D eigenvalue weighted by atomic mass is 10.0. The molecular weight excluding hydrogens is 296 g/mol. The van der Waals surface area contributed by atoms with Crippen molar-refractivity contribution < 1.29 is 18.3 Å². The third kappa shape index (κ3) is 4.41. The molecule has 1 N–H and O–H groups in total. The van der Waals surface area contributed by atoms with Crippen LogP contribution in [0.5, 0.6) is 0 Å². The number of benzene rings is 1. The topological polar surface area (TPSA) is 38.3 Å². The molecule has 1 amide bonds. The molecule has 0 bridgehead atoms. The number of halogens is 2. The number of rotatable bonds is 6. The van der Waals surface area contributed by atoms with Gasteiger partial charge in [-0.3, -0.25) is 4.79 Å². The molecule has 0 unspecified atom stereocenters. The van der Waals surface area contributed by atoms with E-state index in [1.807, 2.05) is 6.92 Å². The molecule has 2 atom stereocenters. The van der Waals surface area contributed by atoms with Gasteiger partial charge in [-0.1, -0.05) is 30.8 Å². The van der Waals surface area contributed by atoms with Crippen LogP contribution < -0.4 is 5.32 Å². The molecule has 2 rings (SSSR count). The molecule has 1 aromatic rings. The van der Waals surface area contributed by atoms with E-state index >= 15 is 0 Å². The summed E-state index contributed by atoms with van der Waals surface area (Å²) in [5.41, 5.74) is 0.291. The van der Waals surface area contributed by atoms with Gasteiger partial charge >= 0.3 is 0 Å². The second-order valence-corrected chi connectivity index (χ2v) is 5.95. The van der Waals surface area contributed by atoms with Gasteiger partial charge < -0.3 is 10.1 Å². The monoisotopic (exact) mass is 315 g/mol. The molecule has 0 aromatic heterocycles. The van der Waals surface area contributed by atoms with Gasteiger partial charge in [0.2, 0.25) is 0 Å². The molecule has 1 saturated heterocycles. The Bertz CT molecular complexity index is 478. The van der Waals surface area contributed by atoms with Crippen molar-refractivity contribution in [1.29, 1.82) is 0 Å². The summed E-state index contributed by atoms with van der Waals surface area (Å²) >= 11 is 0.395. The predicted octanol–water partition coefficient (Wildman–Crippen LogP) is 3.69. The molecule has 21 heavy (non-hydrogen) atoms. The molecule has 0 aliphatic carbocycles. The number of amides is 1. The SMILES string of the molecule is CC[C@H](NC(=O)c1ccccc1SC(F)F)[C@H]1CCCO1. The molecule has 1 aromatic carbocycles. The number of thioether (sulfide) groups is 1. The van der Waals surface area contributed by atoms with Crippen molar-refractivity contribution >= 4 is 17.7 Å². The van der Waals surface area contributed by atoms with Gasteiger partial charge in [-0.2, -0.15) is 8.78 Å². The Kier molecular flexibility index (Phi) is 5.99. The van der Waals surface area contributed by atoms with Crippen LogP contribution in [-0.2, 0) is 4.74 Å². The molecule has 6 heteroatoms. The zero-order valence-corrected chi connectivity index (χ0v) is 12.7. The number of hydrogen-bond donors (Lipinski definition) is 1. The second kappa shape index (κ2) is 7.75. The molecule has 1 aliphatic heterocycles. The first kappa shape index (κ1) is 16.2. The number of carbonyl (C=O) groups is 1. The maximum absolute atomic E-state index is 12.5. The van der Waals surface area contributed by atoms with E-state index in [2.05, 4.69) is 5.32 Å². The third-order valence-electron chi connectivity index (χ3n) is 3.52. The van der Waals surface area contributed by atoms with Crippen molar-refractivity contribution in [2.24, 2.45) is 0 Å². The molecule has 1 fully saturated rings. The average Bonchev–Trinajstić information content (AvgIpc) is 2.98. The van der Waals surface area contributed by atoms with Crippen LogP contribution in [-0.4, -0.2) is 30.4 Å². The highest BCUT2D eigenvalue weighted by Gasteiger charge is 2.27. The van der Waals surface area contributed by atoms with E-state index in [0.29, 0.717) is 22.2 Å². The number of carbonyl (C=O) groups excluding carboxylic acids is 1. The standard InChI is InChI=1S/C15H19F2NO2S/c1-2-11(12-7-5-9-20-12)18-14(19)10-6-3-4-8-13(10)21-15(16)17/h3-4,6,8,11-12,15H,2,5,7,9H2,1H3,(H,18,19)/t11-,12+/m0/s1. The van der Waals surface area contributed by atoms with Crippen molar-refractivity contribution in [2.45, 2.75) is 49.0 Å². The first-order valence-corrected chi connectivity index (χ1v) is 7.96. The zero-order chi connectivity index (χ0) is 15.2. The van der Waals surface area contributed by atoms with Gasteiger partial charge in [0, 0.05) is 11.5 Å². The predicted molar refractivity (Wildman–Crippen MR) is 78.8 cm³/mol. The zero-order valence-electron chi connectivity index (χ0n) is 11.9. The van der Waals surface area contributed by atoms with Crippen LogP contribution in [0.2, 0.25) is 0 Å². The smallest absolute Gasteiger partial charge is 0.288 e. The number of ether oxygens (including phenoxy) is 1. The van der Waals surface area contributed by atoms with E-state index in [0.717, 1.165) is 25.9 Å². The maximum Gasteiger partial charge on any atom is 0.288 e. The fourth-order valence-corrected chi connectivity index (χ4v) is 3.11. The Balaban J connectivity index is 2.08. The van der Waals surface area contributed by atoms with E-state index < -0.39 is 5.76 Å². The summed E-state index contributed by atoms with van der Waals surface area (Å²) in [5.74, 6) is -2.86. The summed E-state index contributed by atoms with van der Waals surface area (Å²) in [6, 6.07) is 6.36. The molecular formula is C15H19F2NO2S. The quantitative estimate of drug-likeness (QED) is 0.814. The lowest BCUT2D eigenvalue weighted by molar-refractivity contribution is 0.0664. The van der Waals surface area contributed by atoms with Crippen LogP contribution in [0.1, 0.15) is 36.5 Å². The van der Waals surface area contributed by atoms with Crippen LogP contribution in [0.3, 0.4) is 0 Å². The fraction of sp³-hybridized carbons (Fsp3) is 0.533. The van der Waals surface area contributed by atoms with Gasteiger partial charge in [0.1, 0.15) is 0 Å². The van der Waals surface area contributed by atoms with Gasteiger partial charge in [-0.15, -0.1) is 0 Å². The Morgan fingerprint density at radius 2 is 2.24 bits per heavy atom. The Morgan fingerprint density at radius 1 is 1.48 bits per heavy atom. The van der Waals surface area contributed by atoms with Gasteiger partial charge in [0.15, 0.2) is 0 Å². The normalized spacial score (nSPS) is 19.7. The van der Waals surface area contributed by atoms with Crippen molar-refractivity contribution in [2.75, 3.05) is 6.61 Å². The summed E-state index contributed by atoms with van der Waals surface area (Å²) in [6.45, 7) is 2.70. The molecule has 1 aliphatic rings. The van der Waals surface area contributed by atoms with Crippen LogP contribution in [0.25, 0.3) is 0 Å². The van der Waals surface area contributed by atoms with Gasteiger partial charge in [0.05, 0.1) is 17.7 Å². The number of hydrogen-bond acceptors (Lipinski definition) is 3. The minimum absolute atomic E-state index is 0.0221. The molecule has 1 heterocycles. The molecule has 0 saturated carbocycles. The average molecular weight is 315 g/mol. The first-order chi connectivity index (χ1) is 10.1. The fourth-order valence-electron chi connectivity index (χ4n) is 2.48. The molecule has 0 radical (unpaired) electrons. The lowest BCUT2D eigenvalue weighted by Gasteiger charge is -2.23. The first-order valence-electron chi connectivity index (χ1n) is 7.08. The largest absolute Gasteiger partial charge is 0.376 e. The van der Waals surface area contributed by atoms with Crippen molar-refractivity contribution in [3.05, 3.63) is 29.8 Å². The van der Waals surface area contributed by atoms with Crippen LogP contribution >= 0.6 is 11.8 Å². The maximum atomic E-state index is 12.5. The highest BCUT2D eigenvalue weighted by Crippen LogP contribution is 2.28.